The van der Waals surface area contributed by atoms with E-state index in [-0.39, 0.29) is 34.4 Å². The average molecular weight is 463 g/mol. The number of halogens is 2. The first kappa shape index (κ1) is 20.4. The summed E-state index contributed by atoms with van der Waals surface area (Å²) in [5, 5.41) is 7.86. The molecule has 3 heterocycles. The number of sulfone groups is 1. The molecule has 7 nitrogen and oxygen atoms in total. The van der Waals surface area contributed by atoms with E-state index < -0.39 is 15.7 Å². The lowest BCUT2D eigenvalue weighted by atomic mass is 10.1. The topological polar surface area (TPSA) is 93.9 Å². The lowest BCUT2D eigenvalue weighted by molar-refractivity contribution is 0.102. The number of amides is 1. The number of nitrogens with one attached hydrogen (secondary N) is 1. The molecule has 1 aromatic carbocycles. The summed E-state index contributed by atoms with van der Waals surface area (Å²) in [5.74, 6) is -0.510. The van der Waals surface area contributed by atoms with E-state index in [4.69, 9.17) is 16.6 Å². The van der Waals surface area contributed by atoms with E-state index in [1.54, 1.807) is 17.7 Å². The highest BCUT2D eigenvalue weighted by atomic mass is 35.5. The number of hydrogen-bond acceptors (Lipinski definition) is 5. The van der Waals surface area contributed by atoms with Crippen LogP contribution in [-0.2, 0) is 9.84 Å². The van der Waals surface area contributed by atoms with Crippen LogP contribution >= 0.6 is 11.6 Å². The molecule has 2 aromatic heterocycles. The van der Waals surface area contributed by atoms with Crippen LogP contribution in [0.4, 0.5) is 10.1 Å². The predicted octanol–water partition coefficient (Wildman–Crippen LogP) is 4.02. The highest BCUT2D eigenvalue weighted by molar-refractivity contribution is 7.91. The molecule has 1 aliphatic heterocycles. The van der Waals surface area contributed by atoms with Crippen molar-refractivity contribution >= 4 is 44.1 Å². The highest BCUT2D eigenvalue weighted by Gasteiger charge is 2.34. The van der Waals surface area contributed by atoms with Gasteiger partial charge in [0.15, 0.2) is 15.5 Å². The Kier molecular flexibility index (Phi) is 4.78. The van der Waals surface area contributed by atoms with E-state index in [2.05, 4.69) is 10.4 Å². The van der Waals surface area contributed by atoms with E-state index >= 15 is 0 Å². The van der Waals surface area contributed by atoms with E-state index in [1.807, 2.05) is 0 Å². The highest BCUT2D eigenvalue weighted by Crippen LogP contribution is 2.41. The first-order valence-corrected chi connectivity index (χ1v) is 12.3. The number of fused-ring (bicyclic) bond motifs is 1. The average Bonchev–Trinajstić information content (AvgIpc) is 3.43. The van der Waals surface area contributed by atoms with E-state index in [0.717, 1.165) is 18.5 Å². The second-order valence-corrected chi connectivity index (χ2v) is 10.9. The maximum Gasteiger partial charge on any atom is 0.256 e. The lowest BCUT2D eigenvalue weighted by Gasteiger charge is -2.12. The fourth-order valence-corrected chi connectivity index (χ4v) is 5.97. The molecule has 0 unspecified atom stereocenters. The van der Waals surface area contributed by atoms with Gasteiger partial charge >= 0.3 is 0 Å². The molecule has 1 atom stereocenters. The van der Waals surface area contributed by atoms with Gasteiger partial charge in [0.25, 0.3) is 5.91 Å². The van der Waals surface area contributed by atoms with Gasteiger partial charge in [-0.3, -0.25) is 4.79 Å². The third kappa shape index (κ3) is 3.80. The molecule has 0 radical (unpaired) electrons. The van der Waals surface area contributed by atoms with Crippen molar-refractivity contribution in [1.29, 1.82) is 0 Å². The van der Waals surface area contributed by atoms with E-state index in [1.165, 1.54) is 18.2 Å². The van der Waals surface area contributed by atoms with Crippen LogP contribution in [0.25, 0.3) is 11.0 Å². The van der Waals surface area contributed by atoms with Crippen LogP contribution in [0.2, 0.25) is 5.02 Å². The van der Waals surface area contributed by atoms with Crippen molar-refractivity contribution in [2.45, 2.75) is 38.1 Å². The number of rotatable bonds is 4. The van der Waals surface area contributed by atoms with Crippen molar-refractivity contribution in [2.24, 2.45) is 0 Å². The zero-order chi connectivity index (χ0) is 21.9. The molecule has 1 amide bonds. The summed E-state index contributed by atoms with van der Waals surface area (Å²) in [6, 6.07) is 5.48. The minimum atomic E-state index is -3.10. The largest absolute Gasteiger partial charge is 0.322 e. The monoisotopic (exact) mass is 462 g/mol. The van der Waals surface area contributed by atoms with Crippen LogP contribution in [-0.4, -0.2) is 40.6 Å². The summed E-state index contributed by atoms with van der Waals surface area (Å²) in [7, 11) is -3.10. The molecular weight excluding hydrogens is 443 g/mol. The Morgan fingerprint density at radius 2 is 2.03 bits per heavy atom. The molecule has 3 aromatic rings. The maximum absolute atomic E-state index is 13.5. The summed E-state index contributed by atoms with van der Waals surface area (Å²) in [4.78, 5) is 18.0. The number of anilines is 1. The number of hydrogen-bond donors (Lipinski definition) is 1. The van der Waals surface area contributed by atoms with Crippen molar-refractivity contribution in [3.05, 3.63) is 52.1 Å². The molecule has 5 rings (SSSR count). The van der Waals surface area contributed by atoms with Crippen molar-refractivity contribution in [3.63, 3.8) is 0 Å². The molecule has 1 saturated carbocycles. The number of nitrogens with zero attached hydrogens (tertiary/aromatic N) is 3. The van der Waals surface area contributed by atoms with E-state index in [0.29, 0.717) is 34.4 Å². The van der Waals surface area contributed by atoms with Crippen molar-refractivity contribution in [3.8, 4) is 0 Å². The summed E-state index contributed by atoms with van der Waals surface area (Å²) < 4.78 is 39.2. The Balaban J connectivity index is 1.60. The van der Waals surface area contributed by atoms with Crippen LogP contribution in [0, 0.1) is 12.7 Å². The second-order valence-electron chi connectivity index (χ2n) is 8.24. The second kappa shape index (κ2) is 7.27. The predicted molar refractivity (Wildman–Crippen MR) is 116 cm³/mol. The third-order valence-corrected chi connectivity index (χ3v) is 7.87. The number of pyridine rings is 1. The van der Waals surface area contributed by atoms with Crippen LogP contribution < -0.4 is 5.32 Å². The Labute approximate surface area is 183 Å². The fourth-order valence-electron chi connectivity index (χ4n) is 4.09. The smallest absolute Gasteiger partial charge is 0.256 e. The van der Waals surface area contributed by atoms with Gasteiger partial charge in [-0.15, -0.1) is 0 Å². The molecule has 10 heteroatoms. The third-order valence-electron chi connectivity index (χ3n) is 5.83. The van der Waals surface area contributed by atoms with Gasteiger partial charge in [-0.25, -0.2) is 22.5 Å². The maximum atomic E-state index is 13.5. The number of aryl methyl sites for hydroxylation is 1. The van der Waals surface area contributed by atoms with Gasteiger partial charge in [0.1, 0.15) is 5.82 Å². The number of benzene rings is 1. The van der Waals surface area contributed by atoms with E-state index in [9.17, 15) is 17.6 Å². The molecular formula is C21H20ClFN4O3S. The quantitative estimate of drug-likeness (QED) is 0.632. The Bertz CT molecular complexity index is 1330. The first-order valence-electron chi connectivity index (χ1n) is 10.1. The standard InChI is InChI=1S/C21H20ClFN4O3S/c1-11-19-15(21(28)24-13-4-5-17(23)16(22)8-13)9-18(12-2-3-12)25-20(19)27(26-11)14-6-7-31(29,30)10-14/h4-5,8-9,12,14H,2-3,6-7,10H2,1H3,(H,24,28)/t14-/m1/s1. The lowest BCUT2D eigenvalue weighted by Crippen LogP contribution is -2.15. The minimum absolute atomic E-state index is 0.0220. The SMILES string of the molecule is Cc1nn([C@@H]2CCS(=O)(=O)C2)c2nc(C3CC3)cc(C(=O)Nc3ccc(F)c(Cl)c3)c12. The molecule has 1 aliphatic carbocycles. The fraction of sp³-hybridized carbons (Fsp3) is 0.381. The molecule has 31 heavy (non-hydrogen) atoms. The summed E-state index contributed by atoms with van der Waals surface area (Å²) in [6.45, 7) is 1.78. The van der Waals surface area contributed by atoms with Crippen molar-refractivity contribution in [2.75, 3.05) is 16.8 Å². The Morgan fingerprint density at radius 1 is 1.26 bits per heavy atom. The molecule has 2 fully saturated rings. The van der Waals surface area contributed by atoms with Crippen molar-refractivity contribution in [1.82, 2.24) is 14.8 Å². The van der Waals surface area contributed by atoms with Gasteiger partial charge in [0, 0.05) is 17.3 Å². The molecule has 1 N–H and O–H groups in total. The first-order chi connectivity index (χ1) is 14.7. The van der Waals surface area contributed by atoms with Gasteiger partial charge in [0.2, 0.25) is 0 Å². The van der Waals surface area contributed by atoms with Gasteiger partial charge in [-0.1, -0.05) is 11.6 Å². The zero-order valence-electron chi connectivity index (χ0n) is 16.7. The molecule has 1 saturated heterocycles. The Hall–Kier alpha value is -2.52. The number of aromatic nitrogens is 3. The zero-order valence-corrected chi connectivity index (χ0v) is 18.3. The Morgan fingerprint density at radius 3 is 2.68 bits per heavy atom. The summed E-state index contributed by atoms with van der Waals surface area (Å²) in [6.07, 6.45) is 2.47. The van der Waals surface area contributed by atoms with Crippen LogP contribution in [0.1, 0.15) is 53.0 Å². The molecule has 162 valence electrons. The van der Waals surface area contributed by atoms with Crippen LogP contribution in [0.3, 0.4) is 0 Å². The molecule has 2 aliphatic rings. The van der Waals surface area contributed by atoms with Gasteiger partial charge in [-0.05, 0) is 50.5 Å². The molecule has 0 spiro atoms. The summed E-state index contributed by atoms with van der Waals surface area (Å²) in [5.41, 5.74) is 2.73. The van der Waals surface area contributed by atoms with Gasteiger partial charge < -0.3 is 5.32 Å². The van der Waals surface area contributed by atoms with Gasteiger partial charge in [0.05, 0.1) is 39.2 Å². The van der Waals surface area contributed by atoms with Gasteiger partial charge in [-0.2, -0.15) is 5.10 Å². The van der Waals surface area contributed by atoms with Crippen LogP contribution in [0.5, 0.6) is 0 Å². The number of carbonyl (C=O) groups is 1. The van der Waals surface area contributed by atoms with Crippen LogP contribution in [0.15, 0.2) is 24.3 Å². The normalized spacial score (nSPS) is 20.3. The summed E-state index contributed by atoms with van der Waals surface area (Å²) >= 11 is 5.84. The van der Waals surface area contributed by atoms with Crippen molar-refractivity contribution < 1.29 is 17.6 Å². The number of carbonyl (C=O) groups excluding carboxylic acids is 1. The molecule has 0 bridgehead atoms. The minimum Gasteiger partial charge on any atom is -0.322 e.